The van der Waals surface area contributed by atoms with Crippen molar-refractivity contribution in [2.24, 2.45) is 5.10 Å². The van der Waals surface area contributed by atoms with Crippen LogP contribution < -0.4 is 15.0 Å². The molecule has 0 aliphatic heterocycles. The summed E-state index contributed by atoms with van der Waals surface area (Å²) in [6, 6.07) is 15.2. The van der Waals surface area contributed by atoms with Gasteiger partial charge in [-0.15, -0.1) is 0 Å². The van der Waals surface area contributed by atoms with Gasteiger partial charge in [0.05, 0.1) is 28.7 Å². The Morgan fingerprint density at radius 1 is 1.16 bits per heavy atom. The molecule has 37 heavy (non-hydrogen) atoms. The van der Waals surface area contributed by atoms with Crippen molar-refractivity contribution in [1.82, 2.24) is 9.66 Å². The standard InChI is InChI=1S/C28H26BrClFN3O3/c1-4-17(3)27-33-24-11-10-20(29)14-21(24)28(35)34(27)32-15-18-12-22(30)26(25(13-18)36-5-2)37-16-19-8-6-7-9-23(19)31/h6-15,17H,4-5,16H2,1-3H3/t17-/m0/s1. The van der Waals surface area contributed by atoms with Gasteiger partial charge >= 0.3 is 0 Å². The maximum absolute atomic E-state index is 14.0. The normalized spacial score (nSPS) is 12.3. The number of hydrogen-bond acceptors (Lipinski definition) is 5. The molecule has 0 saturated carbocycles. The van der Waals surface area contributed by atoms with Crippen molar-refractivity contribution in [1.29, 1.82) is 0 Å². The molecule has 0 radical (unpaired) electrons. The SMILES string of the molecule is CCOc1cc(C=Nn2c([C@@H](C)CC)nc3ccc(Br)cc3c2=O)cc(Cl)c1OCc1ccccc1F. The molecule has 9 heteroatoms. The third kappa shape index (κ3) is 6.02. The molecule has 1 heterocycles. The Kier molecular flexibility index (Phi) is 8.61. The number of nitrogens with zero attached hydrogens (tertiary/aromatic N) is 3. The summed E-state index contributed by atoms with van der Waals surface area (Å²) in [5, 5.41) is 5.24. The number of halogens is 3. The lowest BCUT2D eigenvalue weighted by molar-refractivity contribution is 0.266. The van der Waals surface area contributed by atoms with Gasteiger partial charge in [0.25, 0.3) is 5.56 Å². The van der Waals surface area contributed by atoms with E-state index < -0.39 is 0 Å². The van der Waals surface area contributed by atoms with Gasteiger partial charge in [-0.05, 0) is 55.3 Å². The van der Waals surface area contributed by atoms with E-state index in [-0.39, 0.29) is 28.9 Å². The molecule has 0 fully saturated rings. The summed E-state index contributed by atoms with van der Waals surface area (Å²) in [6.45, 7) is 6.24. The molecule has 0 aliphatic rings. The van der Waals surface area contributed by atoms with Crippen LogP contribution in [0, 0.1) is 5.82 Å². The van der Waals surface area contributed by atoms with E-state index in [0.717, 1.165) is 10.9 Å². The molecular formula is C28H26BrClFN3O3. The van der Waals surface area contributed by atoms with Crippen molar-refractivity contribution in [3.63, 3.8) is 0 Å². The van der Waals surface area contributed by atoms with Gasteiger partial charge in [-0.25, -0.2) is 9.37 Å². The minimum absolute atomic E-state index is 0.00805. The van der Waals surface area contributed by atoms with E-state index in [1.54, 1.807) is 36.4 Å². The molecule has 192 valence electrons. The highest BCUT2D eigenvalue weighted by atomic mass is 79.9. The number of ether oxygens (including phenoxy) is 2. The summed E-state index contributed by atoms with van der Waals surface area (Å²) in [7, 11) is 0. The first-order valence-electron chi connectivity index (χ1n) is 11.9. The summed E-state index contributed by atoms with van der Waals surface area (Å²) in [5.41, 5.74) is 1.36. The second-order valence-corrected chi connectivity index (χ2v) is 9.77. The molecule has 6 nitrogen and oxygen atoms in total. The Balaban J connectivity index is 1.72. The van der Waals surface area contributed by atoms with Crippen LogP contribution in [-0.4, -0.2) is 22.5 Å². The Morgan fingerprint density at radius 3 is 2.68 bits per heavy atom. The van der Waals surface area contributed by atoms with Crippen LogP contribution >= 0.6 is 27.5 Å². The summed E-state index contributed by atoms with van der Waals surface area (Å²) < 4.78 is 27.7. The smallest absolute Gasteiger partial charge is 0.282 e. The molecule has 0 amide bonds. The largest absolute Gasteiger partial charge is 0.490 e. The molecule has 0 unspecified atom stereocenters. The average molecular weight is 587 g/mol. The summed E-state index contributed by atoms with van der Waals surface area (Å²) in [5.74, 6) is 0.912. The fourth-order valence-corrected chi connectivity index (χ4v) is 4.37. The van der Waals surface area contributed by atoms with E-state index in [1.165, 1.54) is 17.0 Å². The van der Waals surface area contributed by atoms with E-state index in [9.17, 15) is 9.18 Å². The number of benzene rings is 3. The lowest BCUT2D eigenvalue weighted by Gasteiger charge is -2.15. The third-order valence-electron chi connectivity index (χ3n) is 5.87. The van der Waals surface area contributed by atoms with Crippen LogP contribution in [0.1, 0.15) is 50.1 Å². The van der Waals surface area contributed by atoms with Gasteiger partial charge in [0.1, 0.15) is 18.2 Å². The van der Waals surface area contributed by atoms with E-state index in [0.29, 0.717) is 46.0 Å². The van der Waals surface area contributed by atoms with Crippen molar-refractivity contribution < 1.29 is 13.9 Å². The molecule has 0 saturated heterocycles. The van der Waals surface area contributed by atoms with Crippen molar-refractivity contribution >= 4 is 44.6 Å². The Morgan fingerprint density at radius 2 is 1.95 bits per heavy atom. The second-order valence-electron chi connectivity index (χ2n) is 8.45. The maximum atomic E-state index is 14.0. The second kappa shape index (κ2) is 11.9. The van der Waals surface area contributed by atoms with Crippen LogP contribution in [0.25, 0.3) is 10.9 Å². The molecule has 4 aromatic rings. The molecular weight excluding hydrogens is 561 g/mol. The van der Waals surface area contributed by atoms with Gasteiger partial charge < -0.3 is 9.47 Å². The lowest BCUT2D eigenvalue weighted by atomic mass is 10.1. The monoisotopic (exact) mass is 585 g/mol. The fourth-order valence-electron chi connectivity index (χ4n) is 3.73. The predicted octanol–water partition coefficient (Wildman–Crippen LogP) is 7.32. The van der Waals surface area contributed by atoms with Crippen LogP contribution in [0.2, 0.25) is 5.02 Å². The minimum atomic E-state index is -0.362. The van der Waals surface area contributed by atoms with Crippen LogP contribution in [0.5, 0.6) is 11.5 Å². The minimum Gasteiger partial charge on any atom is -0.490 e. The highest BCUT2D eigenvalue weighted by Crippen LogP contribution is 2.37. The molecule has 1 atom stereocenters. The van der Waals surface area contributed by atoms with Gasteiger partial charge in [0.15, 0.2) is 11.5 Å². The maximum Gasteiger partial charge on any atom is 0.282 e. The zero-order valence-corrected chi connectivity index (χ0v) is 23.0. The van der Waals surface area contributed by atoms with Crippen LogP contribution in [-0.2, 0) is 6.61 Å². The third-order valence-corrected chi connectivity index (χ3v) is 6.64. The van der Waals surface area contributed by atoms with Crippen LogP contribution in [0.4, 0.5) is 4.39 Å². The van der Waals surface area contributed by atoms with Crippen molar-refractivity contribution in [2.75, 3.05) is 6.61 Å². The molecule has 0 spiro atoms. The molecule has 0 N–H and O–H groups in total. The van der Waals surface area contributed by atoms with Gasteiger partial charge in [-0.3, -0.25) is 4.79 Å². The van der Waals surface area contributed by atoms with Gasteiger partial charge in [0.2, 0.25) is 0 Å². The zero-order chi connectivity index (χ0) is 26.5. The molecule has 1 aromatic heterocycles. The van der Waals surface area contributed by atoms with E-state index >= 15 is 0 Å². The van der Waals surface area contributed by atoms with Gasteiger partial charge in [-0.2, -0.15) is 9.78 Å². The van der Waals surface area contributed by atoms with Gasteiger partial charge in [-0.1, -0.05) is 59.6 Å². The fraction of sp³-hybridized carbons (Fsp3) is 0.250. The van der Waals surface area contributed by atoms with Crippen LogP contribution in [0.3, 0.4) is 0 Å². The number of rotatable bonds is 9. The van der Waals surface area contributed by atoms with Crippen molar-refractivity contribution in [2.45, 2.75) is 39.7 Å². The van der Waals surface area contributed by atoms with Crippen LogP contribution in [0.15, 0.2) is 69.0 Å². The van der Waals surface area contributed by atoms with Gasteiger partial charge in [0, 0.05) is 16.0 Å². The topological polar surface area (TPSA) is 65.7 Å². The summed E-state index contributed by atoms with van der Waals surface area (Å²) in [6.07, 6.45) is 2.33. The number of aromatic nitrogens is 2. The van der Waals surface area contributed by atoms with Crippen molar-refractivity contribution in [3.05, 3.63) is 97.2 Å². The Hall–Kier alpha value is -3.23. The predicted molar refractivity (Wildman–Crippen MR) is 149 cm³/mol. The van der Waals surface area contributed by atoms with E-state index in [2.05, 4.69) is 21.0 Å². The lowest BCUT2D eigenvalue weighted by Crippen LogP contribution is -2.23. The molecule has 3 aromatic carbocycles. The highest BCUT2D eigenvalue weighted by molar-refractivity contribution is 9.10. The first kappa shape index (κ1) is 26.8. The zero-order valence-electron chi connectivity index (χ0n) is 20.7. The highest BCUT2D eigenvalue weighted by Gasteiger charge is 2.17. The first-order chi connectivity index (χ1) is 17.8. The molecule has 4 rings (SSSR count). The quantitative estimate of drug-likeness (QED) is 0.193. The summed E-state index contributed by atoms with van der Waals surface area (Å²) in [4.78, 5) is 18.1. The van der Waals surface area contributed by atoms with E-state index in [1.807, 2.05) is 32.9 Å². The molecule has 0 aliphatic carbocycles. The first-order valence-corrected chi connectivity index (χ1v) is 13.1. The van der Waals surface area contributed by atoms with Crippen molar-refractivity contribution in [3.8, 4) is 11.5 Å². The average Bonchev–Trinajstić information content (AvgIpc) is 2.88. The Bertz CT molecular complexity index is 1520. The molecule has 0 bridgehead atoms. The summed E-state index contributed by atoms with van der Waals surface area (Å²) >= 11 is 9.96. The number of hydrogen-bond donors (Lipinski definition) is 0. The number of fused-ring (bicyclic) bond motifs is 1. The Labute approximate surface area is 227 Å². The van der Waals surface area contributed by atoms with E-state index in [4.69, 9.17) is 26.1 Å².